The molecule has 1 unspecified atom stereocenters. The number of esters is 2. The Kier molecular flexibility index (Phi) is 5.59. The summed E-state index contributed by atoms with van der Waals surface area (Å²) in [5.41, 5.74) is 0.402. The molecule has 0 aliphatic rings. The van der Waals surface area contributed by atoms with Crippen LogP contribution in [-0.2, 0) is 14.3 Å². The Morgan fingerprint density at radius 3 is 2.27 bits per heavy atom. The molecule has 0 saturated heterocycles. The van der Waals surface area contributed by atoms with Crippen LogP contribution in [0.5, 0.6) is 0 Å². The summed E-state index contributed by atoms with van der Waals surface area (Å²) in [4.78, 5) is 21.5. The van der Waals surface area contributed by atoms with Gasteiger partial charge in [-0.2, -0.15) is 0 Å². The molecule has 0 fully saturated rings. The van der Waals surface area contributed by atoms with Crippen molar-refractivity contribution in [3.8, 4) is 0 Å². The van der Waals surface area contributed by atoms with Gasteiger partial charge in [0.2, 0.25) is 0 Å². The van der Waals surface area contributed by atoms with Gasteiger partial charge in [-0.25, -0.2) is 4.79 Å². The standard InChI is InChI=1S/C10H10O4.ClH/c1-7(11)14-10(13)9(12)8-5-3-2-4-6-8;/h2-6,9,12H,1H3;1H. The van der Waals surface area contributed by atoms with Crippen LogP contribution in [-0.4, -0.2) is 17.0 Å². The molecule has 0 saturated carbocycles. The van der Waals surface area contributed by atoms with E-state index >= 15 is 0 Å². The second-order valence-electron chi connectivity index (χ2n) is 2.73. The summed E-state index contributed by atoms with van der Waals surface area (Å²) in [6.07, 6.45) is -1.40. The third kappa shape index (κ3) is 4.10. The van der Waals surface area contributed by atoms with Crippen LogP contribution >= 0.6 is 12.4 Å². The van der Waals surface area contributed by atoms with Crippen LogP contribution in [0.25, 0.3) is 0 Å². The summed E-state index contributed by atoms with van der Waals surface area (Å²) in [7, 11) is 0. The van der Waals surface area contributed by atoms with E-state index in [0.29, 0.717) is 5.56 Å². The lowest BCUT2D eigenvalue weighted by molar-refractivity contribution is -0.164. The summed E-state index contributed by atoms with van der Waals surface area (Å²) in [5.74, 6) is -1.69. The van der Waals surface area contributed by atoms with E-state index in [1.54, 1.807) is 30.3 Å². The molecule has 0 heterocycles. The Morgan fingerprint density at radius 1 is 1.27 bits per heavy atom. The SMILES string of the molecule is CC(=O)OC(=O)C(O)c1ccccc1.Cl. The predicted octanol–water partition coefficient (Wildman–Crippen LogP) is 1.23. The third-order valence-corrected chi connectivity index (χ3v) is 1.58. The van der Waals surface area contributed by atoms with E-state index in [1.165, 1.54) is 0 Å². The highest BCUT2D eigenvalue weighted by molar-refractivity contribution is 5.87. The topological polar surface area (TPSA) is 63.6 Å². The number of aliphatic hydroxyl groups is 1. The summed E-state index contributed by atoms with van der Waals surface area (Å²) in [6, 6.07) is 8.27. The van der Waals surface area contributed by atoms with Crippen molar-refractivity contribution in [2.75, 3.05) is 0 Å². The van der Waals surface area contributed by atoms with E-state index in [-0.39, 0.29) is 12.4 Å². The number of aliphatic hydroxyl groups excluding tert-OH is 1. The van der Waals surface area contributed by atoms with Gasteiger partial charge in [-0.3, -0.25) is 4.79 Å². The second kappa shape index (κ2) is 6.16. The van der Waals surface area contributed by atoms with Crippen molar-refractivity contribution in [1.29, 1.82) is 0 Å². The summed E-state index contributed by atoms with van der Waals surface area (Å²) >= 11 is 0. The molecule has 0 aromatic heterocycles. The van der Waals surface area contributed by atoms with Crippen LogP contribution in [0.3, 0.4) is 0 Å². The Labute approximate surface area is 93.3 Å². The van der Waals surface area contributed by atoms with Gasteiger partial charge in [0.15, 0.2) is 6.10 Å². The summed E-state index contributed by atoms with van der Waals surface area (Å²) in [5, 5.41) is 9.41. The Hall–Kier alpha value is -1.39. The van der Waals surface area contributed by atoms with Crippen LogP contribution < -0.4 is 0 Å². The van der Waals surface area contributed by atoms with Gasteiger partial charge in [0.05, 0.1) is 0 Å². The number of carbonyl (C=O) groups excluding carboxylic acids is 2. The first-order valence-electron chi connectivity index (χ1n) is 4.06. The molecule has 1 N–H and O–H groups in total. The minimum Gasteiger partial charge on any atom is -0.391 e. The van der Waals surface area contributed by atoms with E-state index in [9.17, 15) is 14.7 Å². The molecule has 5 heteroatoms. The number of carbonyl (C=O) groups is 2. The van der Waals surface area contributed by atoms with E-state index in [1.807, 2.05) is 0 Å². The monoisotopic (exact) mass is 230 g/mol. The van der Waals surface area contributed by atoms with Gasteiger partial charge in [0, 0.05) is 6.92 Å². The predicted molar refractivity (Wildman–Crippen MR) is 55.4 cm³/mol. The zero-order valence-corrected chi connectivity index (χ0v) is 8.86. The van der Waals surface area contributed by atoms with Gasteiger partial charge in [-0.05, 0) is 5.56 Å². The largest absolute Gasteiger partial charge is 0.391 e. The molecule has 1 rings (SSSR count). The number of ether oxygens (including phenoxy) is 1. The van der Waals surface area contributed by atoms with Crippen LogP contribution in [0.2, 0.25) is 0 Å². The van der Waals surface area contributed by atoms with Gasteiger partial charge in [0.25, 0.3) is 0 Å². The number of rotatable bonds is 2. The van der Waals surface area contributed by atoms with Crippen molar-refractivity contribution in [2.24, 2.45) is 0 Å². The average Bonchev–Trinajstić information content (AvgIpc) is 2.17. The van der Waals surface area contributed by atoms with Gasteiger partial charge in [-0.15, -0.1) is 12.4 Å². The van der Waals surface area contributed by atoms with E-state index < -0.39 is 18.0 Å². The Balaban J connectivity index is 0.00000196. The quantitative estimate of drug-likeness (QED) is 0.613. The second-order valence-corrected chi connectivity index (χ2v) is 2.73. The molecule has 0 spiro atoms. The van der Waals surface area contributed by atoms with Crippen molar-refractivity contribution >= 4 is 24.3 Å². The van der Waals surface area contributed by atoms with Crippen LogP contribution in [0.1, 0.15) is 18.6 Å². The Morgan fingerprint density at radius 2 is 1.80 bits per heavy atom. The summed E-state index contributed by atoms with van der Waals surface area (Å²) in [6.45, 7) is 1.11. The molecule has 0 aliphatic heterocycles. The fourth-order valence-electron chi connectivity index (χ4n) is 0.969. The highest BCUT2D eigenvalue weighted by Gasteiger charge is 2.19. The van der Waals surface area contributed by atoms with Gasteiger partial charge < -0.3 is 9.84 Å². The Bertz CT molecular complexity index is 337. The fraction of sp³-hybridized carbons (Fsp3) is 0.200. The zero-order chi connectivity index (χ0) is 10.6. The molecule has 0 aliphatic carbocycles. The van der Waals surface area contributed by atoms with Crippen molar-refractivity contribution in [3.05, 3.63) is 35.9 Å². The smallest absolute Gasteiger partial charge is 0.347 e. The van der Waals surface area contributed by atoms with Crippen LogP contribution in [0.4, 0.5) is 0 Å². The van der Waals surface area contributed by atoms with Crippen molar-refractivity contribution in [3.63, 3.8) is 0 Å². The molecule has 1 aromatic carbocycles. The molecule has 4 nitrogen and oxygen atoms in total. The third-order valence-electron chi connectivity index (χ3n) is 1.58. The maximum atomic E-state index is 11.1. The minimum atomic E-state index is -1.40. The molecule has 0 amide bonds. The normalized spacial score (nSPS) is 11.1. The number of benzene rings is 1. The maximum Gasteiger partial charge on any atom is 0.347 e. The molecule has 0 bridgehead atoms. The first-order valence-corrected chi connectivity index (χ1v) is 4.06. The lowest BCUT2D eigenvalue weighted by Crippen LogP contribution is -2.17. The molecule has 82 valence electrons. The van der Waals surface area contributed by atoms with Crippen molar-refractivity contribution < 1.29 is 19.4 Å². The van der Waals surface area contributed by atoms with Crippen LogP contribution in [0, 0.1) is 0 Å². The molecule has 1 aromatic rings. The van der Waals surface area contributed by atoms with Crippen molar-refractivity contribution in [1.82, 2.24) is 0 Å². The number of halogens is 1. The molecular weight excluding hydrogens is 220 g/mol. The number of hydrogen-bond donors (Lipinski definition) is 1. The minimum absolute atomic E-state index is 0. The zero-order valence-electron chi connectivity index (χ0n) is 8.04. The van der Waals surface area contributed by atoms with E-state index in [0.717, 1.165) is 6.92 Å². The molecule has 1 atom stereocenters. The lowest BCUT2D eigenvalue weighted by Gasteiger charge is -2.07. The van der Waals surface area contributed by atoms with E-state index in [4.69, 9.17) is 0 Å². The highest BCUT2D eigenvalue weighted by Crippen LogP contribution is 2.13. The molecular formula is C10H11ClO4. The first kappa shape index (κ1) is 13.6. The molecule has 0 radical (unpaired) electrons. The fourth-order valence-corrected chi connectivity index (χ4v) is 0.969. The molecule has 15 heavy (non-hydrogen) atoms. The van der Waals surface area contributed by atoms with Gasteiger partial charge >= 0.3 is 11.9 Å². The summed E-state index contributed by atoms with van der Waals surface area (Å²) < 4.78 is 4.24. The van der Waals surface area contributed by atoms with Crippen LogP contribution in [0.15, 0.2) is 30.3 Å². The van der Waals surface area contributed by atoms with Crippen molar-refractivity contribution in [2.45, 2.75) is 13.0 Å². The maximum absolute atomic E-state index is 11.1. The number of hydrogen-bond acceptors (Lipinski definition) is 4. The van der Waals surface area contributed by atoms with Gasteiger partial charge in [0.1, 0.15) is 0 Å². The van der Waals surface area contributed by atoms with Gasteiger partial charge in [-0.1, -0.05) is 30.3 Å². The lowest BCUT2D eigenvalue weighted by atomic mass is 10.1. The first-order chi connectivity index (χ1) is 6.61. The average molecular weight is 231 g/mol. The highest BCUT2D eigenvalue weighted by atomic mass is 35.5. The van der Waals surface area contributed by atoms with E-state index in [2.05, 4.69) is 4.74 Å².